The monoisotopic (exact) mass is 315 g/mol. The van der Waals surface area contributed by atoms with Crippen molar-refractivity contribution in [3.8, 4) is 0 Å². The summed E-state index contributed by atoms with van der Waals surface area (Å²) in [6.07, 6.45) is 9.01. The van der Waals surface area contributed by atoms with Crippen molar-refractivity contribution in [2.24, 2.45) is 5.92 Å². The van der Waals surface area contributed by atoms with Crippen molar-refractivity contribution in [1.29, 1.82) is 0 Å². The first-order valence-corrected chi connectivity index (χ1v) is 9.25. The summed E-state index contributed by atoms with van der Waals surface area (Å²) in [7, 11) is 0. The molecule has 1 saturated heterocycles. The van der Waals surface area contributed by atoms with Crippen LogP contribution in [-0.2, 0) is 10.4 Å². The van der Waals surface area contributed by atoms with Crippen LogP contribution in [0.1, 0.15) is 56.9 Å². The second kappa shape index (κ2) is 7.59. The van der Waals surface area contributed by atoms with Crippen LogP contribution in [0.3, 0.4) is 0 Å². The Morgan fingerprint density at radius 1 is 1.00 bits per heavy atom. The lowest BCUT2D eigenvalue weighted by Gasteiger charge is -2.35. The van der Waals surface area contributed by atoms with Gasteiger partial charge in [-0.1, -0.05) is 56.0 Å². The predicted molar refractivity (Wildman–Crippen MR) is 92.2 cm³/mol. The Balaban J connectivity index is 1.81. The van der Waals surface area contributed by atoms with E-state index in [2.05, 4.69) is 4.90 Å². The lowest BCUT2D eigenvalue weighted by Crippen LogP contribution is -2.47. The SMILES string of the molecule is O=C(CN1CCCCCC1)C(O)(c1ccccc1)C1CCCC1. The molecule has 1 aliphatic heterocycles. The van der Waals surface area contributed by atoms with Crippen LogP contribution >= 0.6 is 0 Å². The number of Topliss-reactive ketones (excluding diaryl/α,β-unsaturated/α-hetero) is 1. The lowest BCUT2D eigenvalue weighted by molar-refractivity contribution is -0.146. The first-order valence-electron chi connectivity index (χ1n) is 9.25. The topological polar surface area (TPSA) is 40.5 Å². The molecule has 1 heterocycles. The van der Waals surface area contributed by atoms with Crippen molar-refractivity contribution >= 4 is 5.78 Å². The minimum Gasteiger partial charge on any atom is -0.377 e. The van der Waals surface area contributed by atoms with E-state index in [9.17, 15) is 9.90 Å². The fraction of sp³-hybridized carbons (Fsp3) is 0.650. The first-order chi connectivity index (χ1) is 11.2. The Hall–Kier alpha value is -1.19. The highest BCUT2D eigenvalue weighted by molar-refractivity contribution is 5.90. The van der Waals surface area contributed by atoms with Crippen molar-refractivity contribution in [3.05, 3.63) is 35.9 Å². The molecule has 1 aromatic carbocycles. The highest BCUT2D eigenvalue weighted by atomic mass is 16.3. The lowest BCUT2D eigenvalue weighted by atomic mass is 9.77. The van der Waals surface area contributed by atoms with Gasteiger partial charge in [-0.05, 0) is 50.3 Å². The van der Waals surface area contributed by atoms with Crippen LogP contribution in [0, 0.1) is 5.92 Å². The third-order valence-corrected chi connectivity index (χ3v) is 5.65. The number of nitrogens with zero attached hydrogens (tertiary/aromatic N) is 1. The molecule has 1 aromatic rings. The molecule has 1 unspecified atom stereocenters. The molecule has 0 spiro atoms. The number of likely N-dealkylation sites (tertiary alicyclic amines) is 1. The highest BCUT2D eigenvalue weighted by Gasteiger charge is 2.46. The van der Waals surface area contributed by atoms with Gasteiger partial charge < -0.3 is 5.11 Å². The zero-order valence-corrected chi connectivity index (χ0v) is 14.0. The zero-order valence-electron chi connectivity index (χ0n) is 14.0. The minimum absolute atomic E-state index is 0.00231. The van der Waals surface area contributed by atoms with Gasteiger partial charge in [-0.2, -0.15) is 0 Å². The van der Waals surface area contributed by atoms with E-state index in [1.165, 1.54) is 25.7 Å². The molecule has 23 heavy (non-hydrogen) atoms. The summed E-state index contributed by atoms with van der Waals surface area (Å²) in [4.78, 5) is 15.4. The quantitative estimate of drug-likeness (QED) is 0.904. The maximum absolute atomic E-state index is 13.1. The number of rotatable bonds is 5. The smallest absolute Gasteiger partial charge is 0.183 e. The minimum atomic E-state index is -1.30. The third kappa shape index (κ3) is 3.67. The van der Waals surface area contributed by atoms with Gasteiger partial charge in [-0.3, -0.25) is 9.69 Å². The van der Waals surface area contributed by atoms with Crippen LogP contribution in [0.2, 0.25) is 0 Å². The molecule has 1 N–H and O–H groups in total. The van der Waals surface area contributed by atoms with E-state index < -0.39 is 5.60 Å². The van der Waals surface area contributed by atoms with Crippen molar-refractivity contribution in [3.63, 3.8) is 0 Å². The number of carbonyl (C=O) groups excluding carboxylic acids is 1. The second-order valence-electron chi connectivity index (χ2n) is 7.23. The number of hydrogen-bond donors (Lipinski definition) is 1. The van der Waals surface area contributed by atoms with Crippen LogP contribution in [0.4, 0.5) is 0 Å². The van der Waals surface area contributed by atoms with Crippen molar-refractivity contribution in [2.75, 3.05) is 19.6 Å². The van der Waals surface area contributed by atoms with Gasteiger partial charge in [-0.15, -0.1) is 0 Å². The normalized spacial score (nSPS) is 23.3. The van der Waals surface area contributed by atoms with Crippen molar-refractivity contribution < 1.29 is 9.90 Å². The van der Waals surface area contributed by atoms with E-state index in [1.807, 2.05) is 30.3 Å². The Morgan fingerprint density at radius 2 is 1.61 bits per heavy atom. The molecule has 0 aromatic heterocycles. The molecule has 3 nitrogen and oxygen atoms in total. The molecular formula is C20H29NO2. The fourth-order valence-electron chi connectivity index (χ4n) is 4.28. The second-order valence-corrected chi connectivity index (χ2v) is 7.23. The summed E-state index contributed by atoms with van der Waals surface area (Å²) in [5.41, 5.74) is -0.518. The Morgan fingerprint density at radius 3 is 2.22 bits per heavy atom. The average molecular weight is 315 g/mol. The molecular weight excluding hydrogens is 286 g/mol. The van der Waals surface area contributed by atoms with Gasteiger partial charge in [0.15, 0.2) is 11.4 Å². The number of ketones is 1. The predicted octanol–water partition coefficient (Wildman–Crippen LogP) is 3.51. The largest absolute Gasteiger partial charge is 0.377 e. The Labute approximate surface area is 139 Å². The summed E-state index contributed by atoms with van der Waals surface area (Å²) in [5, 5.41) is 11.5. The highest BCUT2D eigenvalue weighted by Crippen LogP contribution is 2.41. The summed E-state index contributed by atoms with van der Waals surface area (Å²) < 4.78 is 0. The molecule has 3 rings (SSSR count). The summed E-state index contributed by atoms with van der Waals surface area (Å²) in [6, 6.07) is 9.62. The Bertz CT molecular complexity index is 502. The molecule has 0 radical (unpaired) electrons. The van der Waals surface area contributed by atoms with Crippen LogP contribution in [0.15, 0.2) is 30.3 Å². The molecule has 1 aliphatic carbocycles. The first kappa shape index (κ1) is 16.7. The zero-order chi connectivity index (χ0) is 16.1. The number of aliphatic hydroxyl groups is 1. The van der Waals surface area contributed by atoms with E-state index in [1.54, 1.807) is 0 Å². The summed E-state index contributed by atoms with van der Waals surface area (Å²) >= 11 is 0. The third-order valence-electron chi connectivity index (χ3n) is 5.65. The summed E-state index contributed by atoms with van der Waals surface area (Å²) in [6.45, 7) is 2.37. The average Bonchev–Trinajstić information content (AvgIpc) is 3.01. The van der Waals surface area contributed by atoms with Gasteiger partial charge in [0, 0.05) is 0 Å². The molecule has 126 valence electrons. The van der Waals surface area contributed by atoms with Gasteiger partial charge in [-0.25, -0.2) is 0 Å². The van der Waals surface area contributed by atoms with Crippen molar-refractivity contribution in [2.45, 2.75) is 57.0 Å². The number of benzene rings is 1. The molecule has 0 amide bonds. The van der Waals surface area contributed by atoms with E-state index in [0.717, 1.165) is 44.3 Å². The standard InChI is InChI=1S/C20H29NO2/c22-19(16-21-14-8-1-2-9-15-21)20(23,18-12-6-7-13-18)17-10-4-3-5-11-17/h3-5,10-11,18,23H,1-2,6-9,12-16H2. The molecule has 2 fully saturated rings. The number of carbonyl (C=O) groups is 1. The maximum atomic E-state index is 13.1. The van der Waals surface area contributed by atoms with E-state index in [4.69, 9.17) is 0 Å². The molecule has 1 saturated carbocycles. The maximum Gasteiger partial charge on any atom is 0.183 e. The van der Waals surface area contributed by atoms with Gasteiger partial charge in [0.25, 0.3) is 0 Å². The Kier molecular flexibility index (Phi) is 5.50. The van der Waals surface area contributed by atoms with Gasteiger partial charge >= 0.3 is 0 Å². The van der Waals surface area contributed by atoms with Crippen molar-refractivity contribution in [1.82, 2.24) is 4.90 Å². The molecule has 2 aliphatic rings. The van der Waals surface area contributed by atoms with Crippen LogP contribution in [0.5, 0.6) is 0 Å². The van der Waals surface area contributed by atoms with Gasteiger partial charge in [0.1, 0.15) is 0 Å². The summed E-state index contributed by atoms with van der Waals surface area (Å²) in [5.74, 6) is 0.0712. The van der Waals surface area contributed by atoms with E-state index in [-0.39, 0.29) is 11.7 Å². The van der Waals surface area contributed by atoms with Crippen LogP contribution in [-0.4, -0.2) is 35.4 Å². The number of hydrogen-bond acceptors (Lipinski definition) is 3. The molecule has 3 heteroatoms. The van der Waals surface area contributed by atoms with Crippen LogP contribution in [0.25, 0.3) is 0 Å². The van der Waals surface area contributed by atoms with E-state index in [0.29, 0.717) is 6.54 Å². The molecule has 0 bridgehead atoms. The fourth-order valence-corrected chi connectivity index (χ4v) is 4.28. The van der Waals surface area contributed by atoms with Crippen LogP contribution < -0.4 is 0 Å². The van der Waals surface area contributed by atoms with Gasteiger partial charge in [0.2, 0.25) is 0 Å². The molecule has 1 atom stereocenters. The van der Waals surface area contributed by atoms with Gasteiger partial charge in [0.05, 0.1) is 6.54 Å². The van der Waals surface area contributed by atoms with E-state index >= 15 is 0 Å².